The van der Waals surface area contributed by atoms with Gasteiger partial charge in [-0.05, 0) is 38.4 Å². The molecule has 1 aliphatic heterocycles. The summed E-state index contributed by atoms with van der Waals surface area (Å²) in [4.78, 5) is 14.4. The smallest absolute Gasteiger partial charge is 0.233 e. The second-order valence-corrected chi connectivity index (χ2v) is 7.99. The van der Waals surface area contributed by atoms with Crippen molar-refractivity contribution < 1.29 is 4.79 Å². The molecule has 1 amide bonds. The molecule has 7 heteroatoms. The van der Waals surface area contributed by atoms with Gasteiger partial charge < -0.3 is 9.88 Å². The number of thioether (sulfide) groups is 1. The van der Waals surface area contributed by atoms with Crippen molar-refractivity contribution in [2.75, 3.05) is 20.1 Å². The highest BCUT2D eigenvalue weighted by molar-refractivity contribution is 8.00. The Labute approximate surface area is 159 Å². The van der Waals surface area contributed by atoms with E-state index in [4.69, 9.17) is 0 Å². The third-order valence-corrected chi connectivity index (χ3v) is 5.77. The van der Waals surface area contributed by atoms with E-state index in [0.717, 1.165) is 37.2 Å². The lowest BCUT2D eigenvalue weighted by atomic mass is 10.1. The summed E-state index contributed by atoms with van der Waals surface area (Å²) < 4.78 is 2.16. The van der Waals surface area contributed by atoms with Crippen LogP contribution in [0.3, 0.4) is 0 Å². The number of carbonyl (C=O) groups is 1. The van der Waals surface area contributed by atoms with Crippen LogP contribution in [-0.4, -0.2) is 51.0 Å². The summed E-state index contributed by atoms with van der Waals surface area (Å²) in [6.45, 7) is 5.68. The summed E-state index contributed by atoms with van der Waals surface area (Å²) in [6.07, 6.45) is 3.82. The van der Waals surface area contributed by atoms with Gasteiger partial charge in [0.1, 0.15) is 5.82 Å². The molecule has 2 aromatic rings. The molecule has 0 bridgehead atoms. The predicted molar refractivity (Wildman–Crippen MR) is 104 cm³/mol. The number of hydrogen-bond donors (Lipinski definition) is 1. The highest BCUT2D eigenvalue weighted by Gasteiger charge is 2.21. The summed E-state index contributed by atoms with van der Waals surface area (Å²) in [5.41, 5.74) is 1.21. The van der Waals surface area contributed by atoms with Gasteiger partial charge in [0.2, 0.25) is 5.91 Å². The van der Waals surface area contributed by atoms with Crippen molar-refractivity contribution in [3.63, 3.8) is 0 Å². The van der Waals surface area contributed by atoms with Gasteiger partial charge in [0.25, 0.3) is 0 Å². The summed E-state index contributed by atoms with van der Waals surface area (Å²) >= 11 is 1.46. The first-order valence-corrected chi connectivity index (χ1v) is 10.1. The first-order valence-electron chi connectivity index (χ1n) is 9.24. The van der Waals surface area contributed by atoms with Crippen molar-refractivity contribution in [2.45, 2.75) is 49.7 Å². The van der Waals surface area contributed by atoms with Gasteiger partial charge in [0.15, 0.2) is 5.16 Å². The molecule has 1 atom stereocenters. The molecule has 1 fully saturated rings. The van der Waals surface area contributed by atoms with Gasteiger partial charge in [0, 0.05) is 7.05 Å². The number of piperidine rings is 1. The highest BCUT2D eigenvalue weighted by atomic mass is 32.2. The van der Waals surface area contributed by atoms with Gasteiger partial charge in [-0.2, -0.15) is 0 Å². The Hall–Kier alpha value is -1.86. The Morgan fingerprint density at radius 1 is 1.15 bits per heavy atom. The SMILES string of the molecule is CNC(=O)C(C)Sc1nnc(CN2CCCCC2)n1Cc1ccccc1. The molecule has 1 saturated heterocycles. The first kappa shape index (κ1) is 18.9. The van der Waals surface area contributed by atoms with Crippen molar-refractivity contribution in [3.8, 4) is 0 Å². The molecule has 1 aliphatic rings. The second kappa shape index (κ2) is 9.19. The van der Waals surface area contributed by atoms with Gasteiger partial charge in [-0.1, -0.05) is 48.5 Å². The molecule has 2 heterocycles. The lowest BCUT2D eigenvalue weighted by molar-refractivity contribution is -0.119. The number of amides is 1. The van der Waals surface area contributed by atoms with Gasteiger partial charge in [-0.3, -0.25) is 9.69 Å². The standard InChI is InChI=1S/C19H27N5OS/c1-15(18(25)20-2)26-19-22-21-17(14-23-11-7-4-8-12-23)24(19)13-16-9-5-3-6-10-16/h3,5-6,9-10,15H,4,7-8,11-14H2,1-2H3,(H,20,25). The Morgan fingerprint density at radius 2 is 1.88 bits per heavy atom. The maximum Gasteiger partial charge on any atom is 0.233 e. The lowest BCUT2D eigenvalue weighted by Gasteiger charge is -2.26. The van der Waals surface area contributed by atoms with Crippen molar-refractivity contribution in [2.24, 2.45) is 0 Å². The maximum atomic E-state index is 11.9. The number of likely N-dealkylation sites (tertiary alicyclic amines) is 1. The largest absolute Gasteiger partial charge is 0.358 e. The summed E-state index contributed by atoms with van der Waals surface area (Å²) in [6, 6.07) is 10.3. The van der Waals surface area contributed by atoms with Crippen LogP contribution in [0.4, 0.5) is 0 Å². The van der Waals surface area contributed by atoms with E-state index < -0.39 is 0 Å². The van der Waals surface area contributed by atoms with E-state index in [-0.39, 0.29) is 11.2 Å². The molecule has 0 radical (unpaired) electrons. The molecule has 26 heavy (non-hydrogen) atoms. The van der Waals surface area contributed by atoms with Crippen LogP contribution in [-0.2, 0) is 17.9 Å². The van der Waals surface area contributed by atoms with Crippen LogP contribution in [0.25, 0.3) is 0 Å². The number of rotatable bonds is 7. The van der Waals surface area contributed by atoms with E-state index in [1.807, 2.05) is 25.1 Å². The average Bonchev–Trinajstić information content (AvgIpc) is 3.04. The predicted octanol–water partition coefficient (Wildman–Crippen LogP) is 2.54. The van der Waals surface area contributed by atoms with Crippen molar-refractivity contribution in [1.82, 2.24) is 25.0 Å². The quantitative estimate of drug-likeness (QED) is 0.756. The maximum absolute atomic E-state index is 11.9. The van der Waals surface area contributed by atoms with Crippen LogP contribution in [0.1, 0.15) is 37.6 Å². The Morgan fingerprint density at radius 3 is 2.58 bits per heavy atom. The molecule has 140 valence electrons. The molecule has 1 aromatic carbocycles. The van der Waals surface area contributed by atoms with E-state index in [0.29, 0.717) is 0 Å². The molecule has 0 saturated carbocycles. The minimum atomic E-state index is -0.207. The number of carbonyl (C=O) groups excluding carboxylic acids is 1. The fourth-order valence-electron chi connectivity index (χ4n) is 3.18. The Balaban J connectivity index is 1.82. The van der Waals surface area contributed by atoms with Gasteiger partial charge in [0.05, 0.1) is 18.3 Å². The minimum absolute atomic E-state index is 0.00171. The summed E-state index contributed by atoms with van der Waals surface area (Å²) in [5.74, 6) is 0.976. The highest BCUT2D eigenvalue weighted by Crippen LogP contribution is 2.24. The summed E-state index contributed by atoms with van der Waals surface area (Å²) in [5, 5.41) is 12.2. The molecule has 1 aromatic heterocycles. The van der Waals surface area contributed by atoms with E-state index in [1.165, 1.54) is 36.6 Å². The fraction of sp³-hybridized carbons (Fsp3) is 0.526. The topological polar surface area (TPSA) is 63.1 Å². The number of aromatic nitrogens is 3. The molecule has 1 N–H and O–H groups in total. The van der Waals surface area contributed by atoms with Gasteiger partial charge in [-0.15, -0.1) is 10.2 Å². The number of hydrogen-bond acceptors (Lipinski definition) is 5. The monoisotopic (exact) mass is 373 g/mol. The molecular formula is C19H27N5OS. The Bertz CT molecular complexity index is 712. The number of nitrogens with one attached hydrogen (secondary N) is 1. The van der Waals surface area contributed by atoms with Crippen LogP contribution >= 0.6 is 11.8 Å². The molecule has 1 unspecified atom stereocenters. The average molecular weight is 374 g/mol. The van der Waals surface area contributed by atoms with Crippen LogP contribution in [0.5, 0.6) is 0 Å². The van der Waals surface area contributed by atoms with Crippen LogP contribution < -0.4 is 5.32 Å². The van der Waals surface area contributed by atoms with Crippen LogP contribution in [0.2, 0.25) is 0 Å². The Kier molecular flexibility index (Phi) is 6.68. The van der Waals surface area contributed by atoms with E-state index in [9.17, 15) is 4.79 Å². The normalized spacial score (nSPS) is 16.4. The molecule has 0 aliphatic carbocycles. The van der Waals surface area contributed by atoms with Gasteiger partial charge in [-0.25, -0.2) is 0 Å². The summed E-state index contributed by atoms with van der Waals surface area (Å²) in [7, 11) is 1.66. The zero-order valence-electron chi connectivity index (χ0n) is 15.5. The van der Waals surface area contributed by atoms with Crippen LogP contribution in [0, 0.1) is 0 Å². The van der Waals surface area contributed by atoms with Gasteiger partial charge >= 0.3 is 0 Å². The second-order valence-electron chi connectivity index (χ2n) is 6.68. The number of nitrogens with zero attached hydrogens (tertiary/aromatic N) is 4. The van der Waals surface area contributed by atoms with Crippen molar-refractivity contribution in [1.29, 1.82) is 0 Å². The molecule has 0 spiro atoms. The van der Waals surface area contributed by atoms with Crippen LogP contribution in [0.15, 0.2) is 35.5 Å². The van der Waals surface area contributed by atoms with E-state index >= 15 is 0 Å². The molecular weight excluding hydrogens is 346 g/mol. The third-order valence-electron chi connectivity index (χ3n) is 4.69. The molecule has 6 nitrogen and oxygen atoms in total. The fourth-order valence-corrected chi connectivity index (χ4v) is 4.11. The van der Waals surface area contributed by atoms with E-state index in [2.05, 4.69) is 37.1 Å². The third kappa shape index (κ3) is 4.86. The molecule has 3 rings (SSSR count). The lowest BCUT2D eigenvalue weighted by Crippen LogP contribution is -2.30. The zero-order chi connectivity index (χ0) is 18.4. The minimum Gasteiger partial charge on any atom is -0.358 e. The van der Waals surface area contributed by atoms with Crippen molar-refractivity contribution >= 4 is 17.7 Å². The van der Waals surface area contributed by atoms with Crippen molar-refractivity contribution in [3.05, 3.63) is 41.7 Å². The van der Waals surface area contributed by atoms with E-state index in [1.54, 1.807) is 7.05 Å². The first-order chi connectivity index (χ1) is 12.7. The zero-order valence-corrected chi connectivity index (χ0v) is 16.3. The number of benzene rings is 1.